The van der Waals surface area contributed by atoms with Gasteiger partial charge in [0.2, 0.25) is 0 Å². The topological polar surface area (TPSA) is 217 Å². The second-order valence-corrected chi connectivity index (χ2v) is 10.0. The first-order valence-corrected chi connectivity index (χ1v) is 9.25. The van der Waals surface area contributed by atoms with Gasteiger partial charge in [0, 0.05) is 0 Å². The van der Waals surface area contributed by atoms with E-state index in [1.165, 1.54) is 0 Å². The lowest BCUT2D eigenvalue weighted by Gasteiger charge is -2.22. The Morgan fingerprint density at radius 3 is 0.889 bits per heavy atom. The lowest BCUT2D eigenvalue weighted by atomic mass is 10.9. The first kappa shape index (κ1) is 17.6. The van der Waals surface area contributed by atoms with Gasteiger partial charge in [-0.2, -0.15) is 33.7 Å². The highest BCUT2D eigenvalue weighted by Gasteiger charge is 2.67. The molecule has 16 heteroatoms. The molecule has 4 N–H and O–H groups in total. The minimum atomic E-state index is -6.39. The van der Waals surface area contributed by atoms with Crippen molar-refractivity contribution in [3.63, 3.8) is 0 Å². The van der Waals surface area contributed by atoms with Crippen LogP contribution in [0.2, 0.25) is 0 Å². The van der Waals surface area contributed by atoms with Crippen molar-refractivity contribution in [2.75, 3.05) is 5.75 Å². The minimum absolute atomic E-state index is 2.73. The Labute approximate surface area is 102 Å². The normalized spacial score (nSPS) is 15.6. The summed E-state index contributed by atoms with van der Waals surface area (Å²) in [6.07, 6.45) is 0. The zero-order valence-corrected chi connectivity index (χ0v) is 11.2. The summed E-state index contributed by atoms with van der Waals surface area (Å²) in [5, 5.41) is 0. The molecule has 0 heterocycles. The fourth-order valence-corrected chi connectivity index (χ4v) is 7.61. The van der Waals surface area contributed by atoms with Crippen LogP contribution in [0.5, 0.6) is 0 Å². The molecule has 0 aromatic carbocycles. The third-order valence-corrected chi connectivity index (χ3v) is 9.47. The van der Waals surface area contributed by atoms with E-state index in [0.717, 1.165) is 0 Å². The van der Waals surface area contributed by atoms with E-state index in [0.29, 0.717) is 0 Å². The van der Waals surface area contributed by atoms with Crippen LogP contribution >= 0.6 is 0 Å². The molecule has 0 radical (unpaired) electrons. The molecule has 0 bridgehead atoms. The first-order valence-electron chi connectivity index (χ1n) is 3.32. The molecular formula is C2H6O12S4. The van der Waals surface area contributed by atoms with Gasteiger partial charge in [-0.05, 0) is 0 Å². The molecule has 18 heavy (non-hydrogen) atoms. The molecule has 0 aliphatic carbocycles. The van der Waals surface area contributed by atoms with E-state index in [1.54, 1.807) is 0 Å². The predicted octanol–water partition coefficient (Wildman–Crippen LogP) is -2.81. The molecule has 0 saturated carbocycles. The molecule has 110 valence electrons. The van der Waals surface area contributed by atoms with Crippen LogP contribution in [0.3, 0.4) is 0 Å². The molecule has 0 aliphatic rings. The van der Waals surface area contributed by atoms with Crippen molar-refractivity contribution in [1.29, 1.82) is 0 Å². The van der Waals surface area contributed by atoms with E-state index in [2.05, 4.69) is 0 Å². The van der Waals surface area contributed by atoms with Crippen LogP contribution in [0.1, 0.15) is 0 Å². The summed E-state index contributed by atoms with van der Waals surface area (Å²) < 4.78 is 114. The largest absolute Gasteiger partial charge is 0.361 e. The molecule has 0 rings (SSSR count). The maximum Gasteiger partial charge on any atom is 0.361 e. The van der Waals surface area contributed by atoms with E-state index in [9.17, 15) is 33.7 Å². The molecule has 0 aliphatic heterocycles. The maximum atomic E-state index is 10.7. The third-order valence-electron chi connectivity index (χ3n) is 1.54. The van der Waals surface area contributed by atoms with Crippen LogP contribution in [0.4, 0.5) is 0 Å². The molecular weight excluding hydrogens is 344 g/mol. The number of hydrogen-bond donors (Lipinski definition) is 4. The average molecular weight is 350 g/mol. The van der Waals surface area contributed by atoms with Gasteiger partial charge in [-0.1, -0.05) is 0 Å². The van der Waals surface area contributed by atoms with Crippen molar-refractivity contribution in [3.05, 3.63) is 0 Å². The molecule has 0 atom stereocenters. The van der Waals surface area contributed by atoms with Crippen molar-refractivity contribution in [3.8, 4) is 0 Å². The summed E-state index contributed by atoms with van der Waals surface area (Å²) in [6, 6.07) is 0. The Hall–Kier alpha value is -0.360. The average Bonchev–Trinajstić information content (AvgIpc) is 1.90. The fraction of sp³-hybridized carbons (Fsp3) is 1.00. The molecule has 0 aromatic heterocycles. The summed E-state index contributed by atoms with van der Waals surface area (Å²) in [6.45, 7) is 0. The van der Waals surface area contributed by atoms with Crippen LogP contribution in [0.25, 0.3) is 0 Å². The van der Waals surface area contributed by atoms with Crippen LogP contribution in [-0.4, -0.2) is 61.0 Å². The second-order valence-electron chi connectivity index (χ2n) is 2.83. The van der Waals surface area contributed by atoms with Gasteiger partial charge in [0.15, 0.2) is 0 Å². The summed E-state index contributed by atoms with van der Waals surface area (Å²) in [5.41, 5.74) is 0. The highest BCUT2D eigenvalue weighted by atomic mass is 32.3. The first-order chi connectivity index (χ1) is 7.46. The summed E-state index contributed by atoms with van der Waals surface area (Å²) >= 11 is 0. The summed E-state index contributed by atoms with van der Waals surface area (Å²) in [4.78, 5) is 0. The molecule has 0 amide bonds. The van der Waals surface area contributed by atoms with E-state index in [1.807, 2.05) is 0 Å². The quantitative estimate of drug-likeness (QED) is 0.369. The number of rotatable bonds is 5. The van der Waals surface area contributed by atoms with Gasteiger partial charge < -0.3 is 0 Å². The van der Waals surface area contributed by atoms with Gasteiger partial charge >= 0.3 is 33.8 Å². The minimum Gasteiger partial charge on any atom is -0.285 e. The third kappa shape index (κ3) is 3.15. The van der Waals surface area contributed by atoms with Crippen LogP contribution in [-0.2, 0) is 40.5 Å². The van der Waals surface area contributed by atoms with Crippen molar-refractivity contribution < 1.29 is 51.9 Å². The van der Waals surface area contributed by atoms with Crippen molar-refractivity contribution in [2.24, 2.45) is 0 Å². The monoisotopic (exact) mass is 350 g/mol. The lowest BCUT2D eigenvalue weighted by molar-refractivity contribution is 0.420. The summed E-state index contributed by atoms with van der Waals surface area (Å²) in [5.74, 6) is -2.73. The highest BCUT2D eigenvalue weighted by Crippen LogP contribution is 2.30. The molecule has 0 unspecified atom stereocenters. The van der Waals surface area contributed by atoms with E-state index in [-0.39, 0.29) is 0 Å². The van der Waals surface area contributed by atoms with Gasteiger partial charge in [0.05, 0.1) is 0 Å². The number of hydrogen-bond acceptors (Lipinski definition) is 8. The van der Waals surface area contributed by atoms with Crippen LogP contribution < -0.4 is 0 Å². The van der Waals surface area contributed by atoms with Gasteiger partial charge in [-0.25, -0.2) is 0 Å². The molecule has 0 aromatic rings. The Kier molecular flexibility index (Phi) is 4.25. The molecule has 12 nitrogen and oxygen atoms in total. The van der Waals surface area contributed by atoms with Gasteiger partial charge in [-0.3, -0.25) is 18.2 Å². The smallest absolute Gasteiger partial charge is 0.285 e. The van der Waals surface area contributed by atoms with Crippen molar-refractivity contribution in [1.82, 2.24) is 0 Å². The van der Waals surface area contributed by atoms with Gasteiger partial charge in [0.25, 0.3) is 10.1 Å². The second kappa shape index (κ2) is 4.34. The Morgan fingerprint density at radius 2 is 0.833 bits per heavy atom. The molecule has 0 fully saturated rings. The predicted molar refractivity (Wildman–Crippen MR) is 53.8 cm³/mol. The molecule has 0 spiro atoms. The van der Waals surface area contributed by atoms with Crippen molar-refractivity contribution in [2.45, 2.75) is 3.41 Å². The van der Waals surface area contributed by atoms with Crippen LogP contribution in [0, 0.1) is 0 Å². The summed E-state index contributed by atoms with van der Waals surface area (Å²) in [7, 11) is -24.8. The van der Waals surface area contributed by atoms with Gasteiger partial charge in [-0.15, -0.1) is 0 Å². The van der Waals surface area contributed by atoms with Crippen molar-refractivity contribution >= 4 is 40.5 Å². The Morgan fingerprint density at radius 1 is 0.611 bits per heavy atom. The maximum absolute atomic E-state index is 10.7. The fourth-order valence-electron chi connectivity index (χ4n) is 0.846. The van der Waals surface area contributed by atoms with E-state index < -0.39 is 49.6 Å². The van der Waals surface area contributed by atoms with Gasteiger partial charge in [0.1, 0.15) is 5.75 Å². The zero-order chi connectivity index (χ0) is 15.2. The Balaban J connectivity index is 6.91. The zero-order valence-electron chi connectivity index (χ0n) is 7.89. The lowest BCUT2D eigenvalue weighted by Crippen LogP contribution is -2.56. The molecule has 0 saturated heterocycles. The highest BCUT2D eigenvalue weighted by molar-refractivity contribution is 8.22. The van der Waals surface area contributed by atoms with Crippen LogP contribution in [0.15, 0.2) is 0 Å². The standard InChI is InChI=1S/C2H6O12S4/c3-15(4,5)1-2(16(6,7)8,17(9,10)11)18(12,13)14/h1H2,(H,3,4,5)(H,6,7,8)(H,9,10,11)(H,12,13,14). The Bertz CT molecular complexity index is 650. The SMILES string of the molecule is O=S(=O)(O)CC(S(=O)(=O)O)(S(=O)(=O)O)S(=O)(=O)O. The van der Waals surface area contributed by atoms with E-state index >= 15 is 0 Å². The van der Waals surface area contributed by atoms with E-state index in [4.69, 9.17) is 18.2 Å².